The van der Waals surface area contributed by atoms with Gasteiger partial charge in [0.1, 0.15) is 6.61 Å². The van der Waals surface area contributed by atoms with Crippen molar-refractivity contribution in [3.05, 3.63) is 71.8 Å². The first kappa shape index (κ1) is 23.4. The highest BCUT2D eigenvalue weighted by Crippen LogP contribution is 2.20. The minimum absolute atomic E-state index is 0.140. The number of nitrogens with zero attached hydrogens (tertiary/aromatic N) is 1. The van der Waals surface area contributed by atoms with E-state index >= 15 is 0 Å². The van der Waals surface area contributed by atoms with Crippen LogP contribution in [0.5, 0.6) is 0 Å². The first-order valence-corrected chi connectivity index (χ1v) is 10.4. The molecule has 0 bridgehead atoms. The largest absolute Gasteiger partial charge is 0.445 e. The lowest BCUT2D eigenvalue weighted by molar-refractivity contribution is -0.134. The molecule has 2 rings (SSSR count). The SMILES string of the molecule is CCC[C@H](CC(=O)N(C)[C@@H](C)[C@@H](O)c1ccccc1)NC(=O)OCc1ccccc1. The Kier molecular flexibility index (Phi) is 9.35. The van der Waals surface area contributed by atoms with Crippen LogP contribution >= 0.6 is 0 Å². The van der Waals surface area contributed by atoms with Gasteiger partial charge in [-0.2, -0.15) is 0 Å². The third kappa shape index (κ3) is 7.19. The van der Waals surface area contributed by atoms with Crippen molar-refractivity contribution in [3.8, 4) is 0 Å². The molecule has 0 aliphatic carbocycles. The number of aliphatic hydroxyl groups is 1. The van der Waals surface area contributed by atoms with E-state index in [1.165, 1.54) is 4.90 Å². The third-order valence-electron chi connectivity index (χ3n) is 5.20. The van der Waals surface area contributed by atoms with E-state index in [2.05, 4.69) is 5.32 Å². The van der Waals surface area contributed by atoms with Crippen molar-refractivity contribution in [2.75, 3.05) is 7.05 Å². The molecule has 3 atom stereocenters. The lowest BCUT2D eigenvalue weighted by atomic mass is 10.0. The van der Waals surface area contributed by atoms with Gasteiger partial charge in [-0.25, -0.2) is 4.79 Å². The number of carbonyl (C=O) groups excluding carboxylic acids is 2. The molecule has 0 saturated carbocycles. The van der Waals surface area contributed by atoms with Crippen LogP contribution in [0, 0.1) is 0 Å². The molecule has 0 heterocycles. The number of likely N-dealkylation sites (N-methyl/N-ethyl adjacent to an activating group) is 1. The minimum atomic E-state index is -0.784. The first-order valence-electron chi connectivity index (χ1n) is 10.4. The van der Waals surface area contributed by atoms with E-state index in [1.807, 2.05) is 74.5 Å². The summed E-state index contributed by atoms with van der Waals surface area (Å²) in [4.78, 5) is 26.5. The van der Waals surface area contributed by atoms with E-state index in [0.29, 0.717) is 6.42 Å². The molecular formula is C24H32N2O4. The third-order valence-corrected chi connectivity index (χ3v) is 5.20. The predicted octanol–water partition coefficient (Wildman–Crippen LogP) is 4.05. The fourth-order valence-electron chi connectivity index (χ4n) is 3.23. The average Bonchev–Trinajstić information content (AvgIpc) is 2.77. The molecule has 162 valence electrons. The van der Waals surface area contributed by atoms with Gasteiger partial charge >= 0.3 is 6.09 Å². The molecule has 2 aromatic rings. The van der Waals surface area contributed by atoms with Crippen LogP contribution in [-0.2, 0) is 16.1 Å². The van der Waals surface area contributed by atoms with Gasteiger partial charge in [0.2, 0.25) is 5.91 Å². The Morgan fingerprint density at radius 1 is 1.07 bits per heavy atom. The van der Waals surface area contributed by atoms with Crippen molar-refractivity contribution < 1.29 is 19.4 Å². The molecule has 0 spiro atoms. The molecule has 0 fully saturated rings. The number of hydrogen-bond acceptors (Lipinski definition) is 4. The second-order valence-electron chi connectivity index (χ2n) is 7.50. The summed E-state index contributed by atoms with van der Waals surface area (Å²) >= 11 is 0. The molecule has 2 amide bonds. The fraction of sp³-hybridized carbons (Fsp3) is 0.417. The van der Waals surface area contributed by atoms with E-state index in [4.69, 9.17) is 4.74 Å². The van der Waals surface area contributed by atoms with E-state index < -0.39 is 18.2 Å². The van der Waals surface area contributed by atoms with Gasteiger partial charge in [-0.3, -0.25) is 4.79 Å². The van der Waals surface area contributed by atoms with Crippen LogP contribution < -0.4 is 5.32 Å². The number of carbonyl (C=O) groups is 2. The maximum absolute atomic E-state index is 12.8. The summed E-state index contributed by atoms with van der Waals surface area (Å²) in [6, 6.07) is 18.0. The highest BCUT2D eigenvalue weighted by atomic mass is 16.5. The number of benzene rings is 2. The maximum Gasteiger partial charge on any atom is 0.407 e. The van der Waals surface area contributed by atoms with Crippen LogP contribution in [0.25, 0.3) is 0 Å². The summed E-state index contributed by atoms with van der Waals surface area (Å²) in [5.74, 6) is -0.140. The Morgan fingerprint density at radius 3 is 2.27 bits per heavy atom. The summed E-state index contributed by atoms with van der Waals surface area (Å²) in [6.07, 6.45) is 0.313. The van der Waals surface area contributed by atoms with Gasteiger partial charge in [-0.1, -0.05) is 74.0 Å². The van der Waals surface area contributed by atoms with Crippen LogP contribution in [-0.4, -0.2) is 41.1 Å². The number of aliphatic hydroxyl groups excluding tert-OH is 1. The summed E-state index contributed by atoms with van der Waals surface area (Å²) in [5.41, 5.74) is 1.66. The zero-order valence-corrected chi connectivity index (χ0v) is 18.0. The van der Waals surface area contributed by atoms with Gasteiger partial charge in [0.15, 0.2) is 0 Å². The zero-order chi connectivity index (χ0) is 21.9. The lowest BCUT2D eigenvalue weighted by Gasteiger charge is -2.30. The van der Waals surface area contributed by atoms with Crippen molar-refractivity contribution in [1.82, 2.24) is 10.2 Å². The summed E-state index contributed by atoms with van der Waals surface area (Å²) in [7, 11) is 1.68. The smallest absolute Gasteiger partial charge is 0.407 e. The number of hydrogen-bond donors (Lipinski definition) is 2. The number of amides is 2. The highest BCUT2D eigenvalue weighted by molar-refractivity contribution is 5.78. The number of rotatable bonds is 10. The molecule has 0 unspecified atom stereocenters. The molecule has 0 aliphatic heterocycles. The van der Waals surface area contributed by atoms with Crippen molar-refractivity contribution in [2.45, 2.75) is 57.9 Å². The highest BCUT2D eigenvalue weighted by Gasteiger charge is 2.26. The van der Waals surface area contributed by atoms with Crippen LogP contribution in [0.3, 0.4) is 0 Å². The van der Waals surface area contributed by atoms with E-state index in [1.54, 1.807) is 7.05 Å². The molecule has 0 saturated heterocycles. The summed E-state index contributed by atoms with van der Waals surface area (Å²) in [5, 5.41) is 13.4. The van der Waals surface area contributed by atoms with E-state index in [-0.39, 0.29) is 25.0 Å². The van der Waals surface area contributed by atoms with Gasteiger partial charge in [-0.15, -0.1) is 0 Å². The molecule has 0 radical (unpaired) electrons. The Hall–Kier alpha value is -2.86. The number of nitrogens with one attached hydrogen (secondary N) is 1. The van der Waals surface area contributed by atoms with Crippen molar-refractivity contribution >= 4 is 12.0 Å². The molecule has 0 aromatic heterocycles. The van der Waals surface area contributed by atoms with Crippen LogP contribution in [0.4, 0.5) is 4.79 Å². The lowest BCUT2D eigenvalue weighted by Crippen LogP contribution is -2.44. The van der Waals surface area contributed by atoms with Crippen molar-refractivity contribution in [1.29, 1.82) is 0 Å². The quantitative estimate of drug-likeness (QED) is 0.617. The summed E-state index contributed by atoms with van der Waals surface area (Å²) in [6.45, 7) is 3.99. The van der Waals surface area contributed by atoms with Gasteiger partial charge < -0.3 is 20.1 Å². The predicted molar refractivity (Wildman–Crippen MR) is 117 cm³/mol. The molecule has 2 N–H and O–H groups in total. The molecular weight excluding hydrogens is 380 g/mol. The van der Waals surface area contributed by atoms with Gasteiger partial charge in [0.05, 0.1) is 12.1 Å². The van der Waals surface area contributed by atoms with Crippen LogP contribution in [0.15, 0.2) is 60.7 Å². The van der Waals surface area contributed by atoms with Gasteiger partial charge in [0, 0.05) is 19.5 Å². The Morgan fingerprint density at radius 2 is 1.67 bits per heavy atom. The van der Waals surface area contributed by atoms with Crippen molar-refractivity contribution in [2.24, 2.45) is 0 Å². The van der Waals surface area contributed by atoms with E-state index in [0.717, 1.165) is 17.5 Å². The van der Waals surface area contributed by atoms with Crippen molar-refractivity contribution in [3.63, 3.8) is 0 Å². The number of alkyl carbamates (subject to hydrolysis) is 1. The topological polar surface area (TPSA) is 78.9 Å². The Labute approximate surface area is 178 Å². The Balaban J connectivity index is 1.89. The zero-order valence-electron chi connectivity index (χ0n) is 18.0. The second-order valence-corrected chi connectivity index (χ2v) is 7.50. The van der Waals surface area contributed by atoms with E-state index in [9.17, 15) is 14.7 Å². The summed E-state index contributed by atoms with van der Waals surface area (Å²) < 4.78 is 5.28. The van der Waals surface area contributed by atoms with Crippen LogP contribution in [0.2, 0.25) is 0 Å². The molecule has 0 aliphatic rings. The number of ether oxygens (including phenoxy) is 1. The molecule has 2 aromatic carbocycles. The Bertz CT molecular complexity index is 782. The maximum atomic E-state index is 12.8. The first-order chi connectivity index (χ1) is 14.4. The fourth-order valence-corrected chi connectivity index (χ4v) is 3.23. The van der Waals surface area contributed by atoms with Crippen LogP contribution in [0.1, 0.15) is 50.3 Å². The molecule has 30 heavy (non-hydrogen) atoms. The standard InChI is InChI=1S/C24H32N2O4/c1-4-11-21(25-24(29)30-17-19-12-7-5-8-13-19)16-22(27)26(3)18(2)23(28)20-14-9-6-10-15-20/h5-10,12-15,18,21,23,28H,4,11,16-17H2,1-3H3,(H,25,29)/t18-,21+,23+/m0/s1. The average molecular weight is 413 g/mol. The molecule has 6 heteroatoms. The monoisotopic (exact) mass is 412 g/mol. The van der Waals surface area contributed by atoms with Gasteiger partial charge in [-0.05, 0) is 24.5 Å². The second kappa shape index (κ2) is 12.0. The van der Waals surface area contributed by atoms with Gasteiger partial charge in [0.25, 0.3) is 0 Å². The normalized spacial score (nSPS) is 13.7. The minimum Gasteiger partial charge on any atom is -0.445 e. The molecule has 6 nitrogen and oxygen atoms in total.